The molecule has 2 N–H and O–H groups in total. The average molecular weight is 324 g/mol. The lowest BCUT2D eigenvalue weighted by atomic mass is 10.1. The molecule has 1 saturated heterocycles. The summed E-state index contributed by atoms with van der Waals surface area (Å²) in [6, 6.07) is 14.0. The first-order valence-electron chi connectivity index (χ1n) is 8.02. The van der Waals surface area contributed by atoms with E-state index < -0.39 is 0 Å². The highest BCUT2D eigenvalue weighted by molar-refractivity contribution is 6.00. The second-order valence-electron chi connectivity index (χ2n) is 5.77. The Morgan fingerprint density at radius 2 is 1.83 bits per heavy atom. The summed E-state index contributed by atoms with van der Waals surface area (Å²) in [5.41, 5.74) is 9.34. The van der Waals surface area contributed by atoms with E-state index in [4.69, 9.17) is 15.2 Å². The first-order chi connectivity index (χ1) is 11.8. The zero-order valence-electron chi connectivity index (χ0n) is 13.6. The van der Waals surface area contributed by atoms with Crippen molar-refractivity contribution >= 4 is 22.4 Å². The first kappa shape index (κ1) is 14.8. The summed E-state index contributed by atoms with van der Waals surface area (Å²) in [6.07, 6.45) is 0. The summed E-state index contributed by atoms with van der Waals surface area (Å²) >= 11 is 0. The van der Waals surface area contributed by atoms with Gasteiger partial charge in [-0.2, -0.15) is 0 Å². The van der Waals surface area contributed by atoms with Crippen molar-refractivity contribution in [1.82, 2.24) is 9.78 Å². The van der Waals surface area contributed by atoms with Crippen molar-refractivity contribution in [2.75, 3.05) is 44.0 Å². The number of morpholine rings is 1. The Morgan fingerprint density at radius 3 is 2.54 bits per heavy atom. The number of benzene rings is 2. The van der Waals surface area contributed by atoms with Gasteiger partial charge in [-0.1, -0.05) is 6.07 Å². The van der Waals surface area contributed by atoms with Gasteiger partial charge in [0, 0.05) is 13.1 Å². The smallest absolute Gasteiger partial charge is 0.155 e. The zero-order valence-corrected chi connectivity index (χ0v) is 13.6. The second-order valence-corrected chi connectivity index (χ2v) is 5.77. The van der Waals surface area contributed by atoms with Gasteiger partial charge in [0.25, 0.3) is 0 Å². The monoisotopic (exact) mass is 324 g/mol. The van der Waals surface area contributed by atoms with Gasteiger partial charge >= 0.3 is 0 Å². The molecule has 6 heteroatoms. The number of nitrogen functional groups attached to an aromatic ring is 1. The van der Waals surface area contributed by atoms with Crippen molar-refractivity contribution in [1.29, 1.82) is 0 Å². The third-order valence-corrected chi connectivity index (χ3v) is 4.38. The second kappa shape index (κ2) is 6.05. The van der Waals surface area contributed by atoms with Gasteiger partial charge in [-0.25, -0.2) is 4.68 Å². The first-order valence-corrected chi connectivity index (χ1v) is 8.02. The molecule has 0 unspecified atom stereocenters. The molecule has 0 amide bonds. The molecule has 0 aliphatic carbocycles. The quantitative estimate of drug-likeness (QED) is 0.802. The fourth-order valence-corrected chi connectivity index (χ4v) is 3.17. The number of ether oxygens (including phenoxy) is 2. The summed E-state index contributed by atoms with van der Waals surface area (Å²) < 4.78 is 12.6. The lowest BCUT2D eigenvalue weighted by Gasteiger charge is -2.29. The van der Waals surface area contributed by atoms with E-state index in [2.05, 4.69) is 16.1 Å². The Labute approximate surface area is 140 Å². The molecule has 1 aromatic heterocycles. The van der Waals surface area contributed by atoms with E-state index in [1.165, 1.54) is 0 Å². The third-order valence-electron chi connectivity index (χ3n) is 4.38. The summed E-state index contributed by atoms with van der Waals surface area (Å²) in [7, 11) is 1.66. The van der Waals surface area contributed by atoms with Crippen LogP contribution in [0.4, 0.5) is 11.5 Å². The Bertz CT molecular complexity index is 851. The van der Waals surface area contributed by atoms with E-state index in [0.717, 1.165) is 54.3 Å². The van der Waals surface area contributed by atoms with Crippen molar-refractivity contribution in [3.8, 4) is 11.4 Å². The van der Waals surface area contributed by atoms with E-state index >= 15 is 0 Å². The highest BCUT2D eigenvalue weighted by Crippen LogP contribution is 2.33. The molecule has 2 aromatic carbocycles. The van der Waals surface area contributed by atoms with Crippen molar-refractivity contribution in [3.05, 3.63) is 42.5 Å². The van der Waals surface area contributed by atoms with E-state index in [1.54, 1.807) is 7.11 Å². The molecule has 1 fully saturated rings. The molecule has 124 valence electrons. The molecule has 6 nitrogen and oxygen atoms in total. The molecular formula is C18H20N4O2. The number of anilines is 2. The number of aromatic nitrogens is 2. The summed E-state index contributed by atoms with van der Waals surface area (Å²) in [5.74, 6) is 1.36. The molecule has 3 aromatic rings. The predicted molar refractivity (Wildman–Crippen MR) is 95.1 cm³/mol. The van der Waals surface area contributed by atoms with Gasteiger partial charge < -0.3 is 20.1 Å². The molecule has 0 radical (unpaired) electrons. The topological polar surface area (TPSA) is 65.5 Å². The van der Waals surface area contributed by atoms with E-state index in [-0.39, 0.29) is 0 Å². The van der Waals surface area contributed by atoms with Crippen LogP contribution in [0, 0.1) is 0 Å². The zero-order chi connectivity index (χ0) is 16.5. The van der Waals surface area contributed by atoms with E-state index in [9.17, 15) is 0 Å². The molecule has 24 heavy (non-hydrogen) atoms. The molecule has 1 aliphatic heterocycles. The van der Waals surface area contributed by atoms with Crippen LogP contribution in [0.25, 0.3) is 16.6 Å². The van der Waals surface area contributed by atoms with Crippen LogP contribution in [0.3, 0.4) is 0 Å². The van der Waals surface area contributed by atoms with Crippen molar-refractivity contribution in [3.63, 3.8) is 0 Å². The molecule has 0 spiro atoms. The van der Waals surface area contributed by atoms with Crippen LogP contribution in [0.5, 0.6) is 5.75 Å². The summed E-state index contributed by atoms with van der Waals surface area (Å²) in [4.78, 5) is 2.31. The van der Waals surface area contributed by atoms with Crippen molar-refractivity contribution in [2.24, 2.45) is 0 Å². The molecule has 0 atom stereocenters. The minimum absolute atomic E-state index is 0.544. The summed E-state index contributed by atoms with van der Waals surface area (Å²) in [6.45, 7) is 3.21. The molecule has 0 saturated carbocycles. The van der Waals surface area contributed by atoms with Crippen LogP contribution in [-0.2, 0) is 4.74 Å². The van der Waals surface area contributed by atoms with Gasteiger partial charge in [-0.05, 0) is 36.4 Å². The number of nitrogens with two attached hydrogens (primary N) is 1. The molecular weight excluding hydrogens is 304 g/mol. The van der Waals surface area contributed by atoms with E-state index in [1.807, 2.05) is 41.1 Å². The Morgan fingerprint density at radius 1 is 1.08 bits per heavy atom. The molecule has 4 rings (SSSR count). The standard InChI is InChI=1S/C18H20N4O2/c1-23-14-7-5-13(6-8-14)22-16-4-2-3-15(17(16)18(19)20-22)21-9-11-24-12-10-21/h2-8H,9-12H2,1H3,(H2,19,20). The fourth-order valence-electron chi connectivity index (χ4n) is 3.17. The Kier molecular flexibility index (Phi) is 3.74. The highest BCUT2D eigenvalue weighted by Gasteiger charge is 2.19. The van der Waals surface area contributed by atoms with Crippen LogP contribution in [0.1, 0.15) is 0 Å². The van der Waals surface area contributed by atoms with Crippen LogP contribution >= 0.6 is 0 Å². The van der Waals surface area contributed by atoms with Crippen molar-refractivity contribution < 1.29 is 9.47 Å². The van der Waals surface area contributed by atoms with Crippen molar-refractivity contribution in [2.45, 2.75) is 0 Å². The number of hydrogen-bond acceptors (Lipinski definition) is 5. The molecule has 2 heterocycles. The highest BCUT2D eigenvalue weighted by atomic mass is 16.5. The van der Waals surface area contributed by atoms with Gasteiger partial charge in [0.1, 0.15) is 5.75 Å². The SMILES string of the molecule is COc1ccc(-n2nc(N)c3c(N4CCOCC4)cccc32)cc1. The maximum Gasteiger partial charge on any atom is 0.155 e. The Hall–Kier alpha value is -2.73. The van der Waals surface area contributed by atoms with Crippen LogP contribution in [0.15, 0.2) is 42.5 Å². The minimum Gasteiger partial charge on any atom is -0.497 e. The maximum atomic E-state index is 6.26. The lowest BCUT2D eigenvalue weighted by Crippen LogP contribution is -2.36. The summed E-state index contributed by atoms with van der Waals surface area (Å²) in [5, 5.41) is 5.56. The van der Waals surface area contributed by atoms with Gasteiger partial charge in [0.05, 0.1) is 42.6 Å². The molecule has 1 aliphatic rings. The van der Waals surface area contributed by atoms with Gasteiger partial charge in [0.15, 0.2) is 5.82 Å². The van der Waals surface area contributed by atoms with Crippen LogP contribution < -0.4 is 15.4 Å². The van der Waals surface area contributed by atoms with Gasteiger partial charge in [-0.15, -0.1) is 5.10 Å². The van der Waals surface area contributed by atoms with Crippen LogP contribution in [0.2, 0.25) is 0 Å². The number of methoxy groups -OCH3 is 1. The Balaban J connectivity index is 1.83. The number of fused-ring (bicyclic) bond motifs is 1. The van der Waals surface area contributed by atoms with Gasteiger partial charge in [0.2, 0.25) is 0 Å². The lowest BCUT2D eigenvalue weighted by molar-refractivity contribution is 0.123. The average Bonchev–Trinajstić information content (AvgIpc) is 2.99. The molecule has 0 bridgehead atoms. The largest absolute Gasteiger partial charge is 0.497 e. The third kappa shape index (κ3) is 2.45. The fraction of sp³-hybridized carbons (Fsp3) is 0.278. The van der Waals surface area contributed by atoms with E-state index in [0.29, 0.717) is 5.82 Å². The van der Waals surface area contributed by atoms with Gasteiger partial charge in [-0.3, -0.25) is 0 Å². The van der Waals surface area contributed by atoms with Crippen LogP contribution in [-0.4, -0.2) is 43.2 Å². The maximum absolute atomic E-state index is 6.26. The number of nitrogens with zero attached hydrogens (tertiary/aromatic N) is 3. The normalized spacial score (nSPS) is 15.0. The number of hydrogen-bond donors (Lipinski definition) is 1. The minimum atomic E-state index is 0.544. The predicted octanol–water partition coefficient (Wildman–Crippen LogP) is 2.45. The number of rotatable bonds is 3.